The topological polar surface area (TPSA) is 577 Å². The molecule has 3 unspecified atom stereocenters. The van der Waals surface area contributed by atoms with E-state index in [1.807, 2.05) is 178 Å². The molecule has 3 atom stereocenters. The fraction of sp³-hybridized carbons (Fsp3) is 0.423. The van der Waals surface area contributed by atoms with Gasteiger partial charge in [-0.15, -0.1) is 25.5 Å². The van der Waals surface area contributed by atoms with Crippen LogP contribution in [0.4, 0.5) is 29.7 Å². The van der Waals surface area contributed by atoms with Crippen LogP contribution in [0.25, 0.3) is 103 Å². The number of nitrogens with zero attached hydrogens (tertiary/aromatic N) is 32. The Morgan fingerprint density at radius 2 is 0.713 bits per heavy atom. The molecule has 0 radical (unpaired) electrons. The first-order chi connectivity index (χ1) is 69.3. The summed E-state index contributed by atoms with van der Waals surface area (Å²) in [5, 5.41) is 99.6. The third-order valence-electron chi connectivity index (χ3n) is 26.3. The lowest BCUT2D eigenvalue weighted by molar-refractivity contribution is -0.193. The molecule has 143 heavy (non-hydrogen) atoms. The first-order valence-electron chi connectivity index (χ1n) is 46.5. The molecule has 0 aromatic carbocycles. The first kappa shape index (κ1) is 103. The van der Waals surface area contributed by atoms with E-state index >= 15 is 0 Å². The Kier molecular flexibility index (Phi) is 34.0. The number of nitrogens with two attached hydrogens (primary N) is 2. The van der Waals surface area contributed by atoms with Crippen LogP contribution in [0, 0.1) is 113 Å². The molecule has 0 aliphatic heterocycles. The van der Waals surface area contributed by atoms with Crippen molar-refractivity contribution in [1.82, 2.24) is 122 Å². The molecule has 46 nitrogen and oxygen atoms in total. The van der Waals surface area contributed by atoms with E-state index in [1.165, 1.54) is 51.4 Å². The molecule has 5 saturated carbocycles. The van der Waals surface area contributed by atoms with Gasteiger partial charge in [-0.25, -0.2) is 73.8 Å². The average molecular weight is 1930 g/mol. The van der Waals surface area contributed by atoms with Gasteiger partial charge >= 0.3 is 24.4 Å². The number of nitriles is 3. The summed E-state index contributed by atoms with van der Waals surface area (Å²) in [5.41, 5.74) is 28.4. The minimum atomic E-state index is -0.983. The van der Waals surface area contributed by atoms with Crippen molar-refractivity contribution in [1.29, 1.82) is 15.8 Å². The van der Waals surface area contributed by atoms with E-state index in [4.69, 9.17) is 81.7 Å². The van der Waals surface area contributed by atoms with E-state index in [1.54, 1.807) is 32.1 Å². The van der Waals surface area contributed by atoms with Crippen LogP contribution in [-0.2, 0) is 44.6 Å². The number of aryl methyl sites for hydroxylation is 5. The number of nitrogens with one attached hydrogen (secondary N) is 3. The molecule has 15 aromatic rings. The lowest BCUT2D eigenvalue weighted by atomic mass is 9.73. The molecule has 20 rings (SSSR count). The summed E-state index contributed by atoms with van der Waals surface area (Å²) in [6, 6.07) is 27.1. The highest BCUT2D eigenvalue weighted by atomic mass is 16.4. The van der Waals surface area contributed by atoms with Gasteiger partial charge in [-0.2, -0.15) is 70.0 Å². The van der Waals surface area contributed by atoms with Gasteiger partial charge in [0.05, 0.1) is 146 Å². The molecule has 5 aliphatic carbocycles. The van der Waals surface area contributed by atoms with Crippen molar-refractivity contribution in [2.24, 2.45) is 17.8 Å². The zero-order valence-corrected chi connectivity index (χ0v) is 79.6. The summed E-state index contributed by atoms with van der Waals surface area (Å²) < 4.78 is 18.5. The maximum absolute atomic E-state index is 10.9. The molecule has 15 aromatic heterocycles. The summed E-state index contributed by atoms with van der Waals surface area (Å²) in [4.78, 5) is 96.7. The van der Waals surface area contributed by atoms with Crippen LogP contribution in [0.15, 0.2) is 123 Å². The molecular formula is C97H105N37O9. The fourth-order valence-electron chi connectivity index (χ4n) is 19.4. The number of aliphatic carboxylic acids is 1. The number of aromatic nitrogens is 25. The van der Waals surface area contributed by atoms with Crippen LogP contribution >= 0.6 is 0 Å². The van der Waals surface area contributed by atoms with Crippen LogP contribution in [0.5, 0.6) is 0 Å². The number of aliphatic hydroxyl groups is 1. The molecule has 9 N–H and O–H groups in total. The number of carbonyl (C=O) groups excluding carboxylic acids is 6. The summed E-state index contributed by atoms with van der Waals surface area (Å²) >= 11 is 0. The maximum atomic E-state index is 10.9. The standard InChI is InChI=1S/C20H23N7O2.C20H25N7O.C20H25N7.2C17H16N8.3CO2/c1-13-6-7-17-19(24-20(25-27(13)17)22-11-18(28)29)15-10-23-26(12-15)16(8-9-21)14-4-2-3-5-14;1-14-6-7-18-19(24-20(22-10-11-28)25-27(14)18)16-12-23-26(13-16)17(8-9-21)15-4-2-3-5-15;1-3-22-20-24-19(18-9-8-14(2)27(18)25-20)16-12-23-26(13-16)17(10-11-21)15-6-4-5-7-15;2*1-11-4-5-14-15(22-16(18)23-25(11)14)12-8-21-24(9-12)17(10-19-2)6-13(7-17)20-3;3*2-1-3/h6-7,10,12,14,16H,2-5,8,11H2,1H3,(H,22,25)(H,28,29);6-7,12-13,15,17,28H,2-5,8,10-11H2,1H3,(H,22,25);8-9,12-13,15,17H,3-7,10H2,1-2H3,(H,22,25);2*4-5,8-9,13H,6-7,10H2,1H3,(H2,18,23);;;. The third-order valence-corrected chi connectivity index (χ3v) is 26.3. The molecule has 5 aliphatic rings. The van der Waals surface area contributed by atoms with Gasteiger partial charge in [0.2, 0.25) is 54.9 Å². The predicted molar refractivity (Wildman–Crippen MR) is 516 cm³/mol. The molecule has 732 valence electrons. The third kappa shape index (κ3) is 23.3. The second kappa shape index (κ2) is 47.5. The SMILES string of the molecule is CCNc1nc(-c2cnn(C(CC#N)C3CCCC3)c2)c2ccc(C)n2n1.Cc1ccc2c(-c3cnn(C(CC#N)C4CCCC4)c3)nc(NCC(=O)O)nn12.Cc1ccc2c(-c3cnn(C(CC#N)C4CCCC4)c3)nc(NCCO)nn12.O=C=O.O=C=O.O=C=O.[C-]#[N+]CC1(n2cc(-c3nc(N)nn4c(C)ccc34)cn2)CC([N+]#[C-])C1.[C-]#[N+]CC1(n2cc(-c3nc(N)nn4c(C)ccc34)cn2)CC([N+]#[C-])C1. The molecule has 0 amide bonds. The number of anilines is 5. The number of fused-ring (bicyclic) bond motifs is 5. The Bertz CT molecular complexity index is 7230. The second-order valence-corrected chi connectivity index (χ2v) is 35.4. The Labute approximate surface area is 819 Å². The van der Waals surface area contributed by atoms with Gasteiger partial charge in [-0.05, 0) is 158 Å². The average Bonchev–Trinajstić information content (AvgIpc) is 1.65. The van der Waals surface area contributed by atoms with Crippen LogP contribution in [0.1, 0.15) is 176 Å². The number of nitrogen functional groups attached to an aromatic ring is 2. The molecule has 0 saturated heterocycles. The Morgan fingerprint density at radius 1 is 0.434 bits per heavy atom. The van der Waals surface area contributed by atoms with Crippen LogP contribution in [-0.4, -0.2) is 208 Å². The van der Waals surface area contributed by atoms with Crippen molar-refractivity contribution in [3.63, 3.8) is 0 Å². The highest BCUT2D eigenvalue weighted by Crippen LogP contribution is 2.46. The van der Waals surface area contributed by atoms with Crippen molar-refractivity contribution in [3.05, 3.63) is 197 Å². The molecule has 5 fully saturated rings. The highest BCUT2D eigenvalue weighted by Gasteiger charge is 2.55. The van der Waals surface area contributed by atoms with Crippen LogP contribution < -0.4 is 27.4 Å². The zero-order valence-electron chi connectivity index (χ0n) is 79.6. The first-order valence-corrected chi connectivity index (χ1v) is 46.5. The van der Waals surface area contributed by atoms with E-state index in [-0.39, 0.29) is 90.7 Å². The van der Waals surface area contributed by atoms with Crippen molar-refractivity contribution in [3.8, 4) is 74.5 Å². The van der Waals surface area contributed by atoms with Gasteiger partial charge in [0.1, 0.15) is 46.1 Å². The Morgan fingerprint density at radius 3 is 0.993 bits per heavy atom. The molecular weight excluding hydrogens is 1830 g/mol. The molecule has 0 bridgehead atoms. The second-order valence-electron chi connectivity index (χ2n) is 35.4. The summed E-state index contributed by atoms with van der Waals surface area (Å²) in [7, 11) is 0. The lowest BCUT2D eigenvalue weighted by Gasteiger charge is -2.37. The fourth-order valence-corrected chi connectivity index (χ4v) is 19.4. The van der Waals surface area contributed by atoms with Crippen LogP contribution in [0.2, 0.25) is 0 Å². The maximum Gasteiger partial charge on any atom is 0.373 e. The number of carboxylic acids is 1. The zero-order chi connectivity index (χ0) is 102. The van der Waals surface area contributed by atoms with E-state index in [9.17, 15) is 20.6 Å². The number of rotatable bonds is 26. The van der Waals surface area contributed by atoms with E-state index < -0.39 is 5.97 Å². The van der Waals surface area contributed by atoms with E-state index in [0.29, 0.717) is 111 Å². The van der Waals surface area contributed by atoms with Gasteiger partial charge in [0, 0.05) is 100 Å². The van der Waals surface area contributed by atoms with E-state index in [2.05, 4.69) is 124 Å². The molecule has 15 heterocycles. The highest BCUT2D eigenvalue weighted by molar-refractivity contribution is 5.81. The van der Waals surface area contributed by atoms with Crippen molar-refractivity contribution in [2.45, 2.75) is 205 Å². The predicted octanol–water partition coefficient (Wildman–Crippen LogP) is 12.6. The number of hydrogen-bond donors (Lipinski definition) is 7. The number of carbonyl (C=O) groups is 1. The minimum Gasteiger partial charge on any atom is -0.480 e. The summed E-state index contributed by atoms with van der Waals surface area (Å²) in [5.74, 6) is 2.24. The molecule has 0 spiro atoms. The van der Waals surface area contributed by atoms with Crippen molar-refractivity contribution < 1.29 is 43.8 Å². The largest absolute Gasteiger partial charge is 0.480 e. The normalized spacial score (nSPS) is 17.2. The van der Waals surface area contributed by atoms with Gasteiger partial charge < -0.3 is 57.0 Å². The number of hydrogen-bond acceptors (Lipinski definition) is 31. The molecule has 46 heteroatoms. The quantitative estimate of drug-likeness (QED) is 0.0248. The Hall–Kier alpha value is -17.8. The van der Waals surface area contributed by atoms with Crippen molar-refractivity contribution in [2.75, 3.05) is 66.7 Å². The van der Waals surface area contributed by atoms with Gasteiger partial charge in [0.25, 0.3) is 0 Å². The minimum absolute atomic E-state index is 0.0105. The van der Waals surface area contributed by atoms with Gasteiger partial charge in [0.15, 0.2) is 0 Å². The smallest absolute Gasteiger partial charge is 0.373 e. The van der Waals surface area contributed by atoms with Gasteiger partial charge in [-0.1, -0.05) is 38.5 Å². The number of aliphatic hydroxyl groups excluding tert-OH is 1. The summed E-state index contributed by atoms with van der Waals surface area (Å²) in [6.07, 6.45) is 37.8. The van der Waals surface area contributed by atoms with Crippen molar-refractivity contribution >= 4 is 81.7 Å². The van der Waals surface area contributed by atoms with Crippen LogP contribution in [0.3, 0.4) is 0 Å². The summed E-state index contributed by atoms with van der Waals surface area (Å²) in [6.45, 7) is 42.3. The lowest BCUT2D eigenvalue weighted by Crippen LogP contribution is -2.50. The Balaban J connectivity index is 0.000000147. The number of carboxylic acid groups (broad SMARTS) is 1. The van der Waals surface area contributed by atoms with Gasteiger partial charge in [-0.3, -0.25) is 28.2 Å². The van der Waals surface area contributed by atoms with E-state index in [0.717, 1.165) is 127 Å². The monoisotopic (exact) mass is 1930 g/mol.